The minimum atomic E-state index is -0.967. The molecule has 0 saturated heterocycles. The molecule has 152 valence electrons. The van der Waals surface area contributed by atoms with Crippen LogP contribution < -0.4 is 0 Å². The Morgan fingerprint density at radius 1 is 1.11 bits per heavy atom. The van der Waals surface area contributed by atoms with Crippen LogP contribution in [-0.4, -0.2) is 45.7 Å². The number of fused-ring (bicyclic) bond motifs is 3. The van der Waals surface area contributed by atoms with Crippen molar-refractivity contribution in [2.75, 3.05) is 0 Å². The summed E-state index contributed by atoms with van der Waals surface area (Å²) in [6.07, 6.45) is 1.18. The molecule has 1 spiro atoms. The van der Waals surface area contributed by atoms with Crippen molar-refractivity contribution in [1.82, 2.24) is 0 Å². The van der Waals surface area contributed by atoms with Crippen molar-refractivity contribution in [2.24, 2.45) is 34.0 Å². The standard InChI is InChI=1S/C22H34O5/c1-11-17-13(24)9-15-21(5)8-6-7-20(3,4)14(21)10-16(27-12(2)23)22(15,18(11)25)19(17)26/h13-19,24-26H,1,6-10H2,2-5H3/t13-,14+,15-,16+,17+,18+,19+,21+,22-/m0/s1. The molecule has 9 atom stereocenters. The van der Waals surface area contributed by atoms with Gasteiger partial charge in [0.25, 0.3) is 0 Å². The van der Waals surface area contributed by atoms with Crippen LogP contribution in [0.15, 0.2) is 12.2 Å². The normalized spacial score (nSPS) is 53.4. The number of aliphatic hydroxyl groups is 3. The van der Waals surface area contributed by atoms with Crippen LogP contribution in [0, 0.1) is 34.0 Å². The highest BCUT2D eigenvalue weighted by Crippen LogP contribution is 2.72. The first-order valence-corrected chi connectivity index (χ1v) is 10.4. The van der Waals surface area contributed by atoms with E-state index in [0.29, 0.717) is 24.3 Å². The molecule has 4 aliphatic carbocycles. The van der Waals surface area contributed by atoms with Crippen LogP contribution in [0.4, 0.5) is 0 Å². The molecule has 27 heavy (non-hydrogen) atoms. The first-order valence-electron chi connectivity index (χ1n) is 10.4. The molecule has 0 aromatic carbocycles. The molecule has 0 aliphatic heterocycles. The molecule has 3 N–H and O–H groups in total. The molecular formula is C22H34O5. The molecule has 4 fully saturated rings. The van der Waals surface area contributed by atoms with Gasteiger partial charge in [-0.05, 0) is 53.9 Å². The van der Waals surface area contributed by atoms with E-state index in [-0.39, 0.29) is 22.7 Å². The van der Waals surface area contributed by atoms with Gasteiger partial charge >= 0.3 is 5.97 Å². The maximum atomic E-state index is 12.0. The number of hydrogen-bond donors (Lipinski definition) is 3. The Bertz CT molecular complexity index is 672. The van der Waals surface area contributed by atoms with Crippen molar-refractivity contribution < 1.29 is 24.9 Å². The molecular weight excluding hydrogens is 344 g/mol. The molecule has 4 aliphatic rings. The van der Waals surface area contributed by atoms with E-state index in [4.69, 9.17) is 4.74 Å². The van der Waals surface area contributed by atoms with Gasteiger partial charge in [0.05, 0.1) is 23.7 Å². The second-order valence-electron chi connectivity index (χ2n) is 10.5. The van der Waals surface area contributed by atoms with Gasteiger partial charge in [0.15, 0.2) is 0 Å². The van der Waals surface area contributed by atoms with Crippen molar-refractivity contribution >= 4 is 5.97 Å². The van der Waals surface area contributed by atoms with Gasteiger partial charge < -0.3 is 20.1 Å². The average Bonchev–Trinajstić information content (AvgIpc) is 2.67. The van der Waals surface area contributed by atoms with Gasteiger partial charge in [-0.15, -0.1) is 0 Å². The maximum absolute atomic E-state index is 12.0. The van der Waals surface area contributed by atoms with Crippen LogP contribution in [0.3, 0.4) is 0 Å². The molecule has 4 saturated carbocycles. The Morgan fingerprint density at radius 2 is 1.78 bits per heavy atom. The number of ether oxygens (including phenoxy) is 1. The lowest BCUT2D eigenvalue weighted by Gasteiger charge is -2.67. The molecule has 0 unspecified atom stereocenters. The van der Waals surface area contributed by atoms with E-state index in [9.17, 15) is 20.1 Å². The van der Waals surface area contributed by atoms with Gasteiger partial charge in [-0.3, -0.25) is 4.79 Å². The molecule has 0 heterocycles. The quantitative estimate of drug-likeness (QED) is 0.482. The summed E-state index contributed by atoms with van der Waals surface area (Å²) in [6.45, 7) is 12.2. The van der Waals surface area contributed by atoms with E-state index in [1.165, 1.54) is 6.92 Å². The maximum Gasteiger partial charge on any atom is 0.302 e. The molecule has 0 radical (unpaired) electrons. The number of carbonyl (C=O) groups is 1. The number of esters is 1. The van der Waals surface area contributed by atoms with Crippen molar-refractivity contribution in [3.63, 3.8) is 0 Å². The topological polar surface area (TPSA) is 87.0 Å². The Kier molecular flexibility index (Phi) is 4.17. The second-order valence-corrected chi connectivity index (χ2v) is 10.5. The number of rotatable bonds is 1. The third-order valence-corrected chi connectivity index (χ3v) is 8.99. The predicted octanol–water partition coefficient (Wildman–Crippen LogP) is 2.43. The highest BCUT2D eigenvalue weighted by molar-refractivity contribution is 5.66. The third-order valence-electron chi connectivity index (χ3n) is 8.99. The average molecular weight is 379 g/mol. The van der Waals surface area contributed by atoms with Crippen LogP contribution in [0.5, 0.6) is 0 Å². The first-order chi connectivity index (χ1) is 12.5. The number of aliphatic hydroxyl groups excluding tert-OH is 3. The molecule has 0 aromatic heterocycles. The highest BCUT2D eigenvalue weighted by atomic mass is 16.5. The zero-order valence-corrected chi connectivity index (χ0v) is 16.9. The number of hydrogen-bond acceptors (Lipinski definition) is 5. The lowest BCUT2D eigenvalue weighted by molar-refractivity contribution is -0.268. The Morgan fingerprint density at radius 3 is 2.41 bits per heavy atom. The summed E-state index contributed by atoms with van der Waals surface area (Å²) < 4.78 is 5.81. The summed E-state index contributed by atoms with van der Waals surface area (Å²) in [4.78, 5) is 12.0. The van der Waals surface area contributed by atoms with E-state index in [2.05, 4.69) is 27.4 Å². The monoisotopic (exact) mass is 378 g/mol. The van der Waals surface area contributed by atoms with Crippen molar-refractivity contribution in [3.8, 4) is 0 Å². The highest BCUT2D eigenvalue weighted by Gasteiger charge is 2.75. The lowest BCUT2D eigenvalue weighted by atomic mass is 9.39. The number of carbonyl (C=O) groups excluding carboxylic acids is 1. The summed E-state index contributed by atoms with van der Waals surface area (Å²) in [6, 6.07) is 0. The molecule has 5 heteroatoms. The zero-order valence-electron chi connectivity index (χ0n) is 16.9. The second kappa shape index (κ2) is 5.80. The van der Waals surface area contributed by atoms with Crippen molar-refractivity contribution in [2.45, 2.75) is 84.2 Å². The smallest absolute Gasteiger partial charge is 0.302 e. The van der Waals surface area contributed by atoms with Gasteiger partial charge in [0.2, 0.25) is 0 Å². The van der Waals surface area contributed by atoms with Crippen LogP contribution in [0.25, 0.3) is 0 Å². The largest absolute Gasteiger partial charge is 0.462 e. The molecule has 0 amide bonds. The molecule has 4 rings (SSSR count). The van der Waals surface area contributed by atoms with E-state index < -0.39 is 35.7 Å². The Labute approximate surface area is 161 Å². The third kappa shape index (κ3) is 2.25. The van der Waals surface area contributed by atoms with Crippen molar-refractivity contribution in [3.05, 3.63) is 12.2 Å². The van der Waals surface area contributed by atoms with Crippen LogP contribution in [-0.2, 0) is 9.53 Å². The van der Waals surface area contributed by atoms with Crippen molar-refractivity contribution in [1.29, 1.82) is 0 Å². The van der Waals surface area contributed by atoms with E-state index in [1.807, 2.05) is 0 Å². The predicted molar refractivity (Wildman–Crippen MR) is 101 cm³/mol. The molecule has 2 bridgehead atoms. The van der Waals surface area contributed by atoms with Crippen LogP contribution in [0.2, 0.25) is 0 Å². The molecule has 0 aromatic rings. The minimum absolute atomic E-state index is 0.0837. The van der Waals surface area contributed by atoms with Gasteiger partial charge in [-0.1, -0.05) is 33.8 Å². The summed E-state index contributed by atoms with van der Waals surface area (Å²) in [5.74, 6) is -0.755. The Balaban J connectivity index is 1.91. The van der Waals surface area contributed by atoms with Gasteiger partial charge in [-0.2, -0.15) is 0 Å². The summed E-state index contributed by atoms with van der Waals surface area (Å²) in [5.41, 5.74) is -0.519. The summed E-state index contributed by atoms with van der Waals surface area (Å²) in [5, 5.41) is 33.5. The Hall–Kier alpha value is -0.910. The fourth-order valence-electron chi connectivity index (χ4n) is 8.00. The summed E-state index contributed by atoms with van der Waals surface area (Å²) in [7, 11) is 0. The zero-order chi connectivity index (χ0) is 19.9. The van der Waals surface area contributed by atoms with E-state index >= 15 is 0 Å². The lowest BCUT2D eigenvalue weighted by Crippen LogP contribution is -2.69. The molecule has 5 nitrogen and oxygen atoms in total. The minimum Gasteiger partial charge on any atom is -0.462 e. The van der Waals surface area contributed by atoms with Gasteiger partial charge in [0, 0.05) is 12.8 Å². The van der Waals surface area contributed by atoms with E-state index in [1.54, 1.807) is 0 Å². The van der Waals surface area contributed by atoms with E-state index in [0.717, 1.165) is 19.3 Å². The van der Waals surface area contributed by atoms with Gasteiger partial charge in [0.1, 0.15) is 6.10 Å². The SMILES string of the molecule is C=C1[C@H]2[C@@H](O)[C@]3([C@@H]1O)[C@H](OC(C)=O)C[C@@H]1C(C)(C)CCC[C@@]1(C)[C@@H]3C[C@@H]2O. The fraction of sp³-hybridized carbons (Fsp3) is 0.864. The fourth-order valence-corrected chi connectivity index (χ4v) is 8.00. The van der Waals surface area contributed by atoms with Crippen LogP contribution in [0.1, 0.15) is 59.8 Å². The first kappa shape index (κ1) is 19.4. The summed E-state index contributed by atoms with van der Waals surface area (Å²) >= 11 is 0. The van der Waals surface area contributed by atoms with Crippen LogP contribution >= 0.6 is 0 Å². The van der Waals surface area contributed by atoms with Gasteiger partial charge in [-0.25, -0.2) is 0 Å².